The van der Waals surface area contributed by atoms with Gasteiger partial charge in [-0.05, 0) is 11.5 Å². The van der Waals surface area contributed by atoms with Gasteiger partial charge in [-0.2, -0.15) is 0 Å². The fourth-order valence-electron chi connectivity index (χ4n) is 0.534. The molecule has 0 aromatic carbocycles. The molecule has 0 bridgehead atoms. The van der Waals surface area contributed by atoms with E-state index in [0.717, 1.165) is 6.42 Å². The normalized spacial score (nSPS) is 8.82. The van der Waals surface area contributed by atoms with Crippen molar-refractivity contribution in [3.05, 3.63) is 9.81 Å². The number of nitroso groups, excluding NO2 is 2. The molecule has 0 saturated heterocycles. The lowest BCUT2D eigenvalue weighted by Gasteiger charge is -2.00. The third-order valence-electron chi connectivity index (χ3n) is 1.12. The minimum absolute atomic E-state index is 0.0235. The first kappa shape index (κ1) is 9.67. The third-order valence-corrected chi connectivity index (χ3v) is 1.12. The molecule has 0 saturated carbocycles. The first-order valence-electron chi connectivity index (χ1n) is 3.25. The number of nitrogens with zero attached hydrogens (tertiary/aromatic N) is 3. The highest BCUT2D eigenvalue weighted by atomic mass is 16.4. The van der Waals surface area contributed by atoms with Gasteiger partial charge in [0.2, 0.25) is 0 Å². The lowest BCUT2D eigenvalue weighted by molar-refractivity contribution is -0.131. The molecule has 0 aliphatic carbocycles. The van der Waals surface area contributed by atoms with Crippen LogP contribution in [0.15, 0.2) is 10.6 Å². The van der Waals surface area contributed by atoms with Crippen LogP contribution in [0.5, 0.6) is 0 Å². The van der Waals surface area contributed by atoms with Gasteiger partial charge in [0.1, 0.15) is 0 Å². The van der Waals surface area contributed by atoms with Crippen LogP contribution in [-0.4, -0.2) is 11.0 Å². The SMILES string of the molecule is CCCCC(=O)N(N=O)N=O. The molecular weight excluding hydrogens is 150 g/mol. The average molecular weight is 159 g/mol. The smallest absolute Gasteiger partial charge is 0.271 e. The van der Waals surface area contributed by atoms with E-state index in [1.165, 1.54) is 0 Å². The molecule has 6 heteroatoms. The monoisotopic (exact) mass is 159 g/mol. The predicted molar refractivity (Wildman–Crippen MR) is 38.0 cm³/mol. The lowest BCUT2D eigenvalue weighted by Crippen LogP contribution is -2.18. The summed E-state index contributed by atoms with van der Waals surface area (Å²) in [7, 11) is 0. The lowest BCUT2D eigenvalue weighted by atomic mass is 10.2. The molecule has 0 unspecified atom stereocenters. The van der Waals surface area contributed by atoms with Gasteiger partial charge in [-0.25, -0.2) is 0 Å². The van der Waals surface area contributed by atoms with Crippen LogP contribution in [0.3, 0.4) is 0 Å². The Morgan fingerprint density at radius 3 is 2.27 bits per heavy atom. The number of hydrogen-bond donors (Lipinski definition) is 0. The van der Waals surface area contributed by atoms with E-state index in [1.807, 2.05) is 6.92 Å². The molecule has 0 aliphatic rings. The number of unbranched alkanes of at least 4 members (excludes halogenated alkanes) is 1. The number of rotatable bonds is 5. The molecule has 0 aliphatic heterocycles. The first-order valence-corrected chi connectivity index (χ1v) is 3.25. The molecule has 0 spiro atoms. The molecule has 1 amide bonds. The Morgan fingerprint density at radius 1 is 1.36 bits per heavy atom. The largest absolute Gasteiger partial charge is 0.271 e. The Balaban J connectivity index is 3.79. The summed E-state index contributed by atoms with van der Waals surface area (Å²) in [6.45, 7) is 1.89. The maximum absolute atomic E-state index is 10.7. The van der Waals surface area contributed by atoms with Crippen molar-refractivity contribution >= 4 is 5.91 Å². The summed E-state index contributed by atoms with van der Waals surface area (Å²) < 4.78 is 0. The Bertz CT molecular complexity index is 151. The van der Waals surface area contributed by atoms with Crippen molar-refractivity contribution < 1.29 is 4.79 Å². The zero-order valence-electron chi connectivity index (χ0n) is 6.19. The van der Waals surface area contributed by atoms with Crippen LogP contribution in [0.2, 0.25) is 0 Å². The third kappa shape index (κ3) is 3.39. The highest BCUT2D eigenvalue weighted by Gasteiger charge is 2.12. The van der Waals surface area contributed by atoms with Crippen molar-refractivity contribution in [2.24, 2.45) is 10.6 Å². The van der Waals surface area contributed by atoms with Gasteiger partial charge in [0.25, 0.3) is 5.91 Å². The van der Waals surface area contributed by atoms with Crippen molar-refractivity contribution in [3.8, 4) is 0 Å². The van der Waals surface area contributed by atoms with E-state index in [2.05, 4.69) is 10.6 Å². The van der Waals surface area contributed by atoms with Crippen LogP contribution in [0.1, 0.15) is 26.2 Å². The molecule has 0 atom stereocenters. The van der Waals surface area contributed by atoms with E-state index >= 15 is 0 Å². The van der Waals surface area contributed by atoms with E-state index in [0.29, 0.717) is 6.42 Å². The van der Waals surface area contributed by atoms with Gasteiger partial charge in [0, 0.05) is 6.42 Å². The molecule has 62 valence electrons. The van der Waals surface area contributed by atoms with Crippen molar-refractivity contribution in [1.29, 1.82) is 0 Å². The Labute approximate surface area is 63.5 Å². The molecule has 0 heterocycles. The van der Waals surface area contributed by atoms with Crippen molar-refractivity contribution in [3.63, 3.8) is 0 Å². The summed E-state index contributed by atoms with van der Waals surface area (Å²) in [6, 6.07) is 0. The second-order valence-electron chi connectivity index (χ2n) is 1.95. The van der Waals surface area contributed by atoms with Gasteiger partial charge in [-0.1, -0.05) is 13.3 Å². The quantitative estimate of drug-likeness (QED) is 0.448. The standard InChI is InChI=1S/C5H9N3O3/c1-2-3-4-5(9)8(6-10)7-11/h2-4H2,1H3. The molecule has 6 nitrogen and oxygen atoms in total. The fraction of sp³-hybridized carbons (Fsp3) is 0.800. The topological polar surface area (TPSA) is 79.2 Å². The van der Waals surface area contributed by atoms with E-state index in [4.69, 9.17) is 0 Å². The second kappa shape index (κ2) is 5.45. The van der Waals surface area contributed by atoms with E-state index < -0.39 is 5.91 Å². The number of amides is 1. The summed E-state index contributed by atoms with van der Waals surface area (Å²) in [5, 5.41) is 4.25. The maximum atomic E-state index is 10.7. The molecule has 0 aromatic heterocycles. The maximum Gasteiger partial charge on any atom is 0.271 e. The van der Waals surface area contributed by atoms with Crippen molar-refractivity contribution in [2.45, 2.75) is 26.2 Å². The summed E-state index contributed by atoms with van der Waals surface area (Å²) in [5.41, 5.74) is 0. The first-order chi connectivity index (χ1) is 5.26. The second-order valence-corrected chi connectivity index (χ2v) is 1.95. The van der Waals surface area contributed by atoms with Gasteiger partial charge in [0.15, 0.2) is 0 Å². The molecule has 0 fully saturated rings. The number of hydrogen-bond acceptors (Lipinski definition) is 5. The molecule has 11 heavy (non-hydrogen) atoms. The van der Waals surface area contributed by atoms with E-state index in [-0.39, 0.29) is 11.5 Å². The molecule has 0 aromatic rings. The number of carbonyl (C=O) groups excluding carboxylic acids is 1. The molecule has 0 rings (SSSR count). The van der Waals surface area contributed by atoms with Crippen LogP contribution in [0.25, 0.3) is 0 Å². The van der Waals surface area contributed by atoms with Crippen LogP contribution in [0.4, 0.5) is 0 Å². The highest BCUT2D eigenvalue weighted by Crippen LogP contribution is 2.00. The molecule has 0 N–H and O–H groups in total. The summed E-state index contributed by atoms with van der Waals surface area (Å²) in [4.78, 5) is 30.1. The van der Waals surface area contributed by atoms with Gasteiger partial charge in [-0.3, -0.25) is 4.79 Å². The van der Waals surface area contributed by atoms with Crippen LogP contribution >= 0.6 is 0 Å². The summed E-state index contributed by atoms with van der Waals surface area (Å²) in [5.74, 6) is -0.656. The average Bonchev–Trinajstić information content (AvgIpc) is 2.03. The summed E-state index contributed by atoms with van der Waals surface area (Å²) in [6.07, 6.45) is 1.58. The predicted octanol–water partition coefficient (Wildman–Crippen LogP) is 1.37. The van der Waals surface area contributed by atoms with Crippen LogP contribution in [0, 0.1) is 9.81 Å². The Kier molecular flexibility index (Phi) is 4.80. The minimum Gasteiger partial charge on any atom is -0.271 e. The zero-order valence-corrected chi connectivity index (χ0v) is 6.19. The van der Waals surface area contributed by atoms with Crippen LogP contribution in [-0.2, 0) is 4.79 Å². The zero-order chi connectivity index (χ0) is 8.69. The van der Waals surface area contributed by atoms with Gasteiger partial charge in [0.05, 0.1) is 10.6 Å². The fourth-order valence-corrected chi connectivity index (χ4v) is 0.534. The summed E-state index contributed by atoms with van der Waals surface area (Å²) >= 11 is 0. The van der Waals surface area contributed by atoms with Crippen LogP contribution < -0.4 is 0 Å². The molecular formula is C5H9N3O3. The number of carbonyl (C=O) groups is 1. The Morgan fingerprint density at radius 2 is 1.91 bits per heavy atom. The van der Waals surface area contributed by atoms with Gasteiger partial charge in [-0.15, -0.1) is 9.81 Å². The van der Waals surface area contributed by atoms with Gasteiger partial charge < -0.3 is 0 Å². The van der Waals surface area contributed by atoms with Gasteiger partial charge >= 0.3 is 0 Å². The minimum atomic E-state index is -0.656. The molecule has 0 radical (unpaired) electrons. The highest BCUT2D eigenvalue weighted by molar-refractivity contribution is 5.75. The van der Waals surface area contributed by atoms with Crippen molar-refractivity contribution in [2.75, 3.05) is 0 Å². The van der Waals surface area contributed by atoms with E-state index in [1.54, 1.807) is 0 Å². The van der Waals surface area contributed by atoms with E-state index in [9.17, 15) is 14.6 Å². The Hall–Kier alpha value is -1.33. The van der Waals surface area contributed by atoms with Crippen molar-refractivity contribution in [1.82, 2.24) is 5.12 Å².